The van der Waals surface area contributed by atoms with Gasteiger partial charge in [-0.05, 0) is 19.1 Å². The molecule has 0 unspecified atom stereocenters. The zero-order valence-corrected chi connectivity index (χ0v) is 10.3. The molecule has 0 radical (unpaired) electrons. The van der Waals surface area contributed by atoms with E-state index in [0.29, 0.717) is 24.3 Å². The van der Waals surface area contributed by atoms with Crippen LogP contribution in [0.5, 0.6) is 0 Å². The molecule has 0 fully saturated rings. The van der Waals surface area contributed by atoms with Crippen LogP contribution in [0.25, 0.3) is 0 Å². The highest BCUT2D eigenvalue weighted by molar-refractivity contribution is 5.94. The lowest BCUT2D eigenvalue weighted by atomic mass is 10.2. The van der Waals surface area contributed by atoms with Crippen molar-refractivity contribution < 1.29 is 4.79 Å². The monoisotopic (exact) mass is 232 g/mol. The van der Waals surface area contributed by atoms with Gasteiger partial charge in [-0.2, -0.15) is 5.26 Å². The number of carbonyl (C=O) groups is 1. The lowest BCUT2D eigenvalue weighted by Gasteiger charge is -2.16. The van der Waals surface area contributed by atoms with Crippen molar-refractivity contribution in [1.29, 1.82) is 5.26 Å². The molecule has 5 heteroatoms. The molecule has 1 amide bonds. The minimum Gasteiger partial charge on any atom is -0.373 e. The lowest BCUT2D eigenvalue weighted by molar-refractivity contribution is 0.0798. The summed E-state index contributed by atoms with van der Waals surface area (Å²) in [4.78, 5) is 17.8. The highest BCUT2D eigenvalue weighted by Crippen LogP contribution is 2.11. The van der Waals surface area contributed by atoms with E-state index in [-0.39, 0.29) is 5.91 Å². The first-order valence-corrected chi connectivity index (χ1v) is 5.37. The Morgan fingerprint density at radius 2 is 2.29 bits per heavy atom. The fourth-order valence-corrected chi connectivity index (χ4v) is 1.46. The Labute approximate surface area is 101 Å². The third-order valence-corrected chi connectivity index (χ3v) is 2.36. The summed E-state index contributed by atoms with van der Waals surface area (Å²) in [5.41, 5.74) is 1.37. The predicted octanol–water partition coefficient (Wildman–Crippen LogP) is 1.42. The summed E-state index contributed by atoms with van der Waals surface area (Å²) in [5, 5.41) is 11.4. The maximum Gasteiger partial charge on any atom is 0.253 e. The molecule has 0 atom stereocenters. The van der Waals surface area contributed by atoms with Gasteiger partial charge in [-0.25, -0.2) is 4.98 Å². The summed E-state index contributed by atoms with van der Waals surface area (Å²) in [5.74, 6) is 0.573. The van der Waals surface area contributed by atoms with Crippen molar-refractivity contribution in [2.75, 3.05) is 26.0 Å². The van der Waals surface area contributed by atoms with Crippen molar-refractivity contribution in [2.24, 2.45) is 0 Å². The van der Waals surface area contributed by atoms with E-state index in [1.807, 2.05) is 13.0 Å². The fourth-order valence-electron chi connectivity index (χ4n) is 1.46. The molecule has 17 heavy (non-hydrogen) atoms. The molecule has 1 N–H and O–H groups in total. The zero-order chi connectivity index (χ0) is 12.8. The van der Waals surface area contributed by atoms with Gasteiger partial charge in [0, 0.05) is 31.9 Å². The Bertz CT molecular complexity index is 450. The number of pyridine rings is 1. The Hall–Kier alpha value is -2.09. The molecule has 0 saturated carbocycles. The lowest BCUT2D eigenvalue weighted by Crippen LogP contribution is -2.27. The summed E-state index contributed by atoms with van der Waals surface area (Å²) in [6, 6.07) is 5.47. The van der Waals surface area contributed by atoms with Gasteiger partial charge in [0.05, 0.1) is 12.5 Å². The number of hydrogen-bond acceptors (Lipinski definition) is 4. The van der Waals surface area contributed by atoms with E-state index >= 15 is 0 Å². The van der Waals surface area contributed by atoms with Gasteiger partial charge in [-0.1, -0.05) is 0 Å². The molecule has 1 aromatic heterocycles. The first kappa shape index (κ1) is 13.0. The molecule has 0 spiro atoms. The highest BCUT2D eigenvalue weighted by Gasteiger charge is 2.12. The van der Waals surface area contributed by atoms with Gasteiger partial charge in [-0.3, -0.25) is 4.79 Å². The highest BCUT2D eigenvalue weighted by atomic mass is 16.2. The van der Waals surface area contributed by atoms with Crippen LogP contribution in [0.15, 0.2) is 12.1 Å². The van der Waals surface area contributed by atoms with Gasteiger partial charge in [-0.15, -0.1) is 0 Å². The molecule has 1 heterocycles. The summed E-state index contributed by atoms with van der Waals surface area (Å²) >= 11 is 0. The van der Waals surface area contributed by atoms with Gasteiger partial charge in [0.25, 0.3) is 5.91 Å². The molecular weight excluding hydrogens is 216 g/mol. The van der Waals surface area contributed by atoms with Crippen LogP contribution >= 0.6 is 0 Å². The Morgan fingerprint density at radius 1 is 1.59 bits per heavy atom. The first-order chi connectivity index (χ1) is 8.08. The first-order valence-electron chi connectivity index (χ1n) is 5.37. The third kappa shape index (κ3) is 3.45. The minimum atomic E-state index is -0.0951. The average Bonchev–Trinajstić information content (AvgIpc) is 2.34. The van der Waals surface area contributed by atoms with Crippen molar-refractivity contribution in [3.63, 3.8) is 0 Å². The third-order valence-electron chi connectivity index (χ3n) is 2.36. The largest absolute Gasteiger partial charge is 0.373 e. The van der Waals surface area contributed by atoms with Crippen LogP contribution in [0.2, 0.25) is 0 Å². The van der Waals surface area contributed by atoms with Gasteiger partial charge >= 0.3 is 0 Å². The van der Waals surface area contributed by atoms with Gasteiger partial charge in [0.1, 0.15) is 5.82 Å². The normalized spacial score (nSPS) is 9.53. The van der Waals surface area contributed by atoms with Crippen LogP contribution in [0.4, 0.5) is 5.82 Å². The second-order valence-corrected chi connectivity index (χ2v) is 3.77. The Kier molecular flexibility index (Phi) is 4.46. The predicted molar refractivity (Wildman–Crippen MR) is 65.7 cm³/mol. The maximum absolute atomic E-state index is 12.0. The van der Waals surface area contributed by atoms with E-state index in [1.165, 1.54) is 4.90 Å². The molecule has 90 valence electrons. The molecule has 0 saturated heterocycles. The van der Waals surface area contributed by atoms with E-state index in [2.05, 4.69) is 10.3 Å². The summed E-state index contributed by atoms with van der Waals surface area (Å²) in [6.07, 6.45) is 0.338. The van der Waals surface area contributed by atoms with Gasteiger partial charge in [0.2, 0.25) is 0 Å². The number of aryl methyl sites for hydroxylation is 1. The van der Waals surface area contributed by atoms with Crippen molar-refractivity contribution >= 4 is 11.7 Å². The Morgan fingerprint density at radius 3 is 2.88 bits per heavy atom. The van der Waals surface area contributed by atoms with Gasteiger partial charge in [0.15, 0.2) is 0 Å². The maximum atomic E-state index is 12.0. The van der Waals surface area contributed by atoms with Crippen LogP contribution < -0.4 is 5.32 Å². The number of nitriles is 1. The van der Waals surface area contributed by atoms with Crippen molar-refractivity contribution in [3.05, 3.63) is 23.4 Å². The summed E-state index contributed by atoms with van der Waals surface area (Å²) in [6.45, 7) is 2.28. The van der Waals surface area contributed by atoms with E-state index in [0.717, 1.165) is 5.69 Å². The molecule has 1 rings (SSSR count). The van der Waals surface area contributed by atoms with Crippen LogP contribution in [0, 0.1) is 18.3 Å². The molecule has 0 aliphatic heterocycles. The SMILES string of the molecule is CNc1cc(C(=O)N(C)CCC#N)cc(C)n1. The van der Waals surface area contributed by atoms with Crippen LogP contribution in [0.3, 0.4) is 0 Å². The standard InChI is InChI=1S/C12H16N4O/c1-9-7-10(8-11(14-2)15-9)12(17)16(3)6-4-5-13/h7-8H,4,6H2,1-3H3,(H,14,15). The van der Waals surface area contributed by atoms with Crippen LogP contribution in [-0.4, -0.2) is 36.4 Å². The quantitative estimate of drug-likeness (QED) is 0.852. The smallest absolute Gasteiger partial charge is 0.253 e. The fraction of sp³-hybridized carbons (Fsp3) is 0.417. The van der Waals surface area contributed by atoms with Crippen LogP contribution in [-0.2, 0) is 0 Å². The van der Waals surface area contributed by atoms with Crippen molar-refractivity contribution in [2.45, 2.75) is 13.3 Å². The number of carbonyl (C=O) groups excluding carboxylic acids is 1. The zero-order valence-electron chi connectivity index (χ0n) is 10.3. The van der Waals surface area contributed by atoms with E-state index < -0.39 is 0 Å². The topological polar surface area (TPSA) is 69.0 Å². The molecule has 1 aromatic rings. The average molecular weight is 232 g/mol. The molecule has 0 bridgehead atoms. The molecule has 5 nitrogen and oxygen atoms in total. The van der Waals surface area contributed by atoms with E-state index in [9.17, 15) is 4.79 Å². The number of amides is 1. The van der Waals surface area contributed by atoms with Crippen LogP contribution in [0.1, 0.15) is 22.5 Å². The second-order valence-electron chi connectivity index (χ2n) is 3.77. The summed E-state index contributed by atoms with van der Waals surface area (Å²) < 4.78 is 0. The molecule has 0 aromatic carbocycles. The molecular formula is C12H16N4O. The number of hydrogen-bond donors (Lipinski definition) is 1. The van der Waals surface area contributed by atoms with E-state index in [4.69, 9.17) is 5.26 Å². The minimum absolute atomic E-state index is 0.0951. The number of nitrogens with one attached hydrogen (secondary N) is 1. The van der Waals surface area contributed by atoms with Crippen molar-refractivity contribution in [1.82, 2.24) is 9.88 Å². The van der Waals surface area contributed by atoms with E-state index in [1.54, 1.807) is 26.2 Å². The van der Waals surface area contributed by atoms with Crippen molar-refractivity contribution in [3.8, 4) is 6.07 Å². The summed E-state index contributed by atoms with van der Waals surface area (Å²) in [7, 11) is 3.45. The number of anilines is 1. The second kappa shape index (κ2) is 5.85. The number of rotatable bonds is 4. The molecule has 0 aliphatic carbocycles. The number of nitrogens with zero attached hydrogens (tertiary/aromatic N) is 3. The molecule has 0 aliphatic rings. The number of aromatic nitrogens is 1. The van der Waals surface area contributed by atoms with Gasteiger partial charge < -0.3 is 10.2 Å². The Balaban J connectivity index is 2.88.